The molecule has 1 aromatic heterocycles. The summed E-state index contributed by atoms with van der Waals surface area (Å²) < 4.78 is 16.1. The number of benzene rings is 2. The molecule has 0 radical (unpaired) electrons. The first kappa shape index (κ1) is 18.9. The van der Waals surface area contributed by atoms with Gasteiger partial charge in [-0.05, 0) is 30.3 Å². The molecule has 0 bridgehead atoms. The maximum absolute atomic E-state index is 12.7. The molecule has 0 saturated carbocycles. The third kappa shape index (κ3) is 3.63. The Balaban J connectivity index is 1.90. The van der Waals surface area contributed by atoms with Crippen molar-refractivity contribution >= 4 is 34.2 Å². The van der Waals surface area contributed by atoms with Crippen LogP contribution in [0.25, 0.3) is 10.9 Å². The second kappa shape index (κ2) is 7.78. The van der Waals surface area contributed by atoms with Crippen LogP contribution in [0, 0.1) is 0 Å². The Kier molecular flexibility index (Phi) is 5.25. The van der Waals surface area contributed by atoms with Crippen molar-refractivity contribution in [3.8, 4) is 17.2 Å². The van der Waals surface area contributed by atoms with Crippen molar-refractivity contribution in [3.05, 3.63) is 42.1 Å². The minimum atomic E-state index is -0.659. The second-order valence-electron chi connectivity index (χ2n) is 5.81. The molecule has 1 heterocycles. The van der Waals surface area contributed by atoms with E-state index in [2.05, 4.69) is 15.6 Å². The van der Waals surface area contributed by atoms with Crippen molar-refractivity contribution in [3.63, 3.8) is 0 Å². The van der Waals surface area contributed by atoms with Crippen LogP contribution in [0.2, 0.25) is 0 Å². The van der Waals surface area contributed by atoms with Gasteiger partial charge in [0.2, 0.25) is 0 Å². The van der Waals surface area contributed by atoms with Crippen molar-refractivity contribution in [2.24, 2.45) is 5.73 Å². The highest BCUT2D eigenvalue weighted by Crippen LogP contribution is 2.41. The number of H-pyrrole nitrogens is 1. The van der Waals surface area contributed by atoms with E-state index in [0.717, 1.165) is 0 Å². The fraction of sp³-hybridized carbons (Fsp3) is 0.158. The van der Waals surface area contributed by atoms with E-state index < -0.39 is 6.03 Å². The Bertz CT molecular complexity index is 1030. The molecule has 3 amide bonds. The zero-order chi connectivity index (χ0) is 20.3. The lowest BCUT2D eigenvalue weighted by Gasteiger charge is -2.11. The van der Waals surface area contributed by atoms with Crippen LogP contribution in [0.4, 0.5) is 16.2 Å². The van der Waals surface area contributed by atoms with Crippen molar-refractivity contribution in [2.75, 3.05) is 32.0 Å². The molecule has 5 N–H and O–H groups in total. The summed E-state index contributed by atoms with van der Waals surface area (Å²) in [6.07, 6.45) is 0. The number of hydrogen-bond acceptors (Lipinski definition) is 5. The number of urea groups is 1. The molecule has 9 heteroatoms. The highest BCUT2D eigenvalue weighted by atomic mass is 16.5. The van der Waals surface area contributed by atoms with Crippen LogP contribution in [0.1, 0.15) is 10.5 Å². The van der Waals surface area contributed by atoms with Gasteiger partial charge in [0.25, 0.3) is 5.91 Å². The molecule has 0 aliphatic carbocycles. The van der Waals surface area contributed by atoms with Crippen LogP contribution in [0.15, 0.2) is 36.4 Å². The number of aromatic nitrogens is 1. The van der Waals surface area contributed by atoms with Gasteiger partial charge >= 0.3 is 6.03 Å². The molecule has 0 fully saturated rings. The summed E-state index contributed by atoms with van der Waals surface area (Å²) in [6, 6.07) is 9.26. The van der Waals surface area contributed by atoms with Gasteiger partial charge in [-0.2, -0.15) is 0 Å². The van der Waals surface area contributed by atoms with Gasteiger partial charge in [0.1, 0.15) is 11.4 Å². The first-order valence-electron chi connectivity index (χ1n) is 8.26. The molecule has 3 aromatic rings. The molecule has 2 aromatic carbocycles. The summed E-state index contributed by atoms with van der Waals surface area (Å²) >= 11 is 0. The normalized spacial score (nSPS) is 10.4. The lowest BCUT2D eigenvalue weighted by atomic mass is 10.2. The van der Waals surface area contributed by atoms with Gasteiger partial charge < -0.3 is 35.6 Å². The molecule has 0 saturated heterocycles. The SMILES string of the molecule is COc1cc(OC)c2cc(C(=O)Nc3ccc(NC(N)=O)cc3)[nH]c2c1OC. The van der Waals surface area contributed by atoms with Gasteiger partial charge in [-0.15, -0.1) is 0 Å². The first-order chi connectivity index (χ1) is 13.5. The van der Waals surface area contributed by atoms with Gasteiger partial charge in [-0.1, -0.05) is 0 Å². The van der Waals surface area contributed by atoms with E-state index in [1.54, 1.807) is 36.4 Å². The number of anilines is 2. The molecular formula is C19H20N4O5. The number of hydrogen-bond donors (Lipinski definition) is 4. The molecule has 3 rings (SSSR count). The van der Waals surface area contributed by atoms with Crippen molar-refractivity contribution < 1.29 is 23.8 Å². The quantitative estimate of drug-likeness (QED) is 0.519. The summed E-state index contributed by atoms with van der Waals surface area (Å²) in [5.41, 5.74) is 7.05. The maximum atomic E-state index is 12.7. The number of nitrogens with two attached hydrogens (primary N) is 1. The fourth-order valence-corrected chi connectivity index (χ4v) is 2.84. The Morgan fingerprint density at radius 2 is 1.50 bits per heavy atom. The van der Waals surface area contributed by atoms with Crippen LogP contribution in [-0.2, 0) is 0 Å². The van der Waals surface area contributed by atoms with Crippen LogP contribution in [0.5, 0.6) is 17.2 Å². The predicted octanol–water partition coefficient (Wildman–Crippen LogP) is 2.94. The smallest absolute Gasteiger partial charge is 0.316 e. The molecule has 0 unspecified atom stereocenters. The maximum Gasteiger partial charge on any atom is 0.316 e. The average molecular weight is 384 g/mol. The number of carbonyl (C=O) groups is 2. The first-order valence-corrected chi connectivity index (χ1v) is 8.26. The van der Waals surface area contributed by atoms with E-state index >= 15 is 0 Å². The minimum absolute atomic E-state index is 0.319. The topological polar surface area (TPSA) is 128 Å². The largest absolute Gasteiger partial charge is 0.496 e. The molecule has 9 nitrogen and oxygen atoms in total. The van der Waals surface area contributed by atoms with E-state index in [1.165, 1.54) is 21.3 Å². The number of rotatable bonds is 6. The van der Waals surface area contributed by atoms with Crippen LogP contribution in [0.3, 0.4) is 0 Å². The van der Waals surface area contributed by atoms with Crippen molar-refractivity contribution in [2.45, 2.75) is 0 Å². The van der Waals surface area contributed by atoms with Gasteiger partial charge in [-0.3, -0.25) is 4.79 Å². The van der Waals surface area contributed by atoms with E-state index in [-0.39, 0.29) is 5.91 Å². The Hall–Kier alpha value is -3.88. The number of aromatic amines is 1. The van der Waals surface area contributed by atoms with Crippen molar-refractivity contribution in [1.82, 2.24) is 4.98 Å². The molecule has 0 aliphatic rings. The number of methoxy groups -OCH3 is 3. The molecule has 0 spiro atoms. The Labute approximate surface area is 160 Å². The summed E-state index contributed by atoms with van der Waals surface area (Å²) in [5, 5.41) is 5.91. The molecule has 28 heavy (non-hydrogen) atoms. The predicted molar refractivity (Wildman–Crippen MR) is 106 cm³/mol. The number of ether oxygens (including phenoxy) is 3. The summed E-state index contributed by atoms with van der Waals surface area (Å²) in [4.78, 5) is 26.6. The number of amides is 3. The number of carbonyl (C=O) groups excluding carboxylic acids is 2. The monoisotopic (exact) mass is 384 g/mol. The molecule has 0 atom stereocenters. The fourth-order valence-electron chi connectivity index (χ4n) is 2.84. The molecular weight excluding hydrogens is 364 g/mol. The van der Waals surface area contributed by atoms with E-state index in [0.29, 0.717) is 45.2 Å². The Morgan fingerprint density at radius 1 is 0.893 bits per heavy atom. The lowest BCUT2D eigenvalue weighted by molar-refractivity contribution is 0.102. The van der Waals surface area contributed by atoms with Gasteiger partial charge in [-0.25, -0.2) is 4.79 Å². The standard InChI is InChI=1S/C19H20N4O5/c1-26-14-9-15(27-2)17(28-3)16-12(14)8-13(23-16)18(24)21-10-4-6-11(7-5-10)22-19(20)25/h4-9,23H,1-3H3,(H,21,24)(H3,20,22,25). The van der Waals surface area contributed by atoms with E-state index in [9.17, 15) is 9.59 Å². The zero-order valence-corrected chi connectivity index (χ0v) is 15.6. The third-order valence-electron chi connectivity index (χ3n) is 4.10. The second-order valence-corrected chi connectivity index (χ2v) is 5.81. The lowest BCUT2D eigenvalue weighted by Crippen LogP contribution is -2.19. The number of fused-ring (bicyclic) bond motifs is 1. The minimum Gasteiger partial charge on any atom is -0.496 e. The molecule has 146 valence electrons. The van der Waals surface area contributed by atoms with E-state index in [1.807, 2.05) is 0 Å². The van der Waals surface area contributed by atoms with Crippen LogP contribution < -0.4 is 30.6 Å². The van der Waals surface area contributed by atoms with Crippen molar-refractivity contribution in [1.29, 1.82) is 0 Å². The van der Waals surface area contributed by atoms with Crippen LogP contribution in [-0.4, -0.2) is 38.3 Å². The summed E-state index contributed by atoms with van der Waals surface area (Å²) in [5.74, 6) is 1.15. The van der Waals surface area contributed by atoms with Crippen LogP contribution >= 0.6 is 0 Å². The highest BCUT2D eigenvalue weighted by molar-refractivity contribution is 6.08. The summed E-state index contributed by atoms with van der Waals surface area (Å²) in [7, 11) is 4.58. The number of nitrogens with one attached hydrogen (secondary N) is 3. The highest BCUT2D eigenvalue weighted by Gasteiger charge is 2.19. The van der Waals surface area contributed by atoms with Gasteiger partial charge in [0, 0.05) is 22.8 Å². The van der Waals surface area contributed by atoms with E-state index in [4.69, 9.17) is 19.9 Å². The van der Waals surface area contributed by atoms with Gasteiger partial charge in [0.05, 0.1) is 26.8 Å². The average Bonchev–Trinajstić information content (AvgIpc) is 3.13. The summed E-state index contributed by atoms with van der Waals surface area (Å²) in [6.45, 7) is 0. The Morgan fingerprint density at radius 3 is 2.04 bits per heavy atom. The molecule has 0 aliphatic heterocycles. The van der Waals surface area contributed by atoms with Gasteiger partial charge in [0.15, 0.2) is 11.5 Å². The zero-order valence-electron chi connectivity index (χ0n) is 15.6. The number of primary amides is 1. The third-order valence-corrected chi connectivity index (χ3v) is 4.10.